The van der Waals surface area contributed by atoms with E-state index in [9.17, 15) is 13.2 Å². The highest BCUT2D eigenvalue weighted by molar-refractivity contribution is 7.92. The van der Waals surface area contributed by atoms with E-state index >= 15 is 0 Å². The topological polar surface area (TPSA) is 87.2 Å². The Morgan fingerprint density at radius 1 is 1.09 bits per heavy atom. The number of anilines is 2. The van der Waals surface area contributed by atoms with Gasteiger partial charge in [0, 0.05) is 26.2 Å². The molecule has 184 valence electrons. The van der Waals surface area contributed by atoms with Crippen LogP contribution in [0.4, 0.5) is 11.4 Å². The van der Waals surface area contributed by atoms with Crippen LogP contribution in [0, 0.1) is 13.8 Å². The highest BCUT2D eigenvalue weighted by Crippen LogP contribution is 2.41. The number of sulfonamides is 1. The van der Waals surface area contributed by atoms with Gasteiger partial charge in [0.25, 0.3) is 10.0 Å². The van der Waals surface area contributed by atoms with Crippen molar-refractivity contribution >= 4 is 27.4 Å². The summed E-state index contributed by atoms with van der Waals surface area (Å²) >= 11 is 0. The van der Waals surface area contributed by atoms with Crippen LogP contribution in [0.1, 0.15) is 24.0 Å². The molecule has 7 nitrogen and oxygen atoms in total. The summed E-state index contributed by atoms with van der Waals surface area (Å²) in [6, 6.07) is 18.5. The van der Waals surface area contributed by atoms with Crippen LogP contribution in [-0.2, 0) is 14.8 Å². The minimum absolute atomic E-state index is 0.0384. The molecule has 35 heavy (non-hydrogen) atoms. The molecule has 0 radical (unpaired) electrons. The van der Waals surface area contributed by atoms with Crippen LogP contribution in [0.5, 0.6) is 5.75 Å². The molecule has 1 atom stereocenters. The fourth-order valence-electron chi connectivity index (χ4n) is 4.24. The zero-order chi connectivity index (χ0) is 25.3. The highest BCUT2D eigenvalue weighted by atomic mass is 32.2. The van der Waals surface area contributed by atoms with Crippen LogP contribution in [0.3, 0.4) is 0 Å². The lowest BCUT2D eigenvalue weighted by atomic mass is 9.98. The monoisotopic (exact) mass is 494 g/mol. The van der Waals surface area contributed by atoms with Gasteiger partial charge in [-0.15, -0.1) is 0 Å². The van der Waals surface area contributed by atoms with Gasteiger partial charge in [-0.05, 0) is 78.9 Å². The number of ether oxygens (including phenoxy) is 1. The third-order valence-corrected chi connectivity index (χ3v) is 7.97. The maximum Gasteiger partial charge on any atom is 0.303 e. The summed E-state index contributed by atoms with van der Waals surface area (Å²) in [5.74, 6) is -0.521. The van der Waals surface area contributed by atoms with E-state index in [0.29, 0.717) is 11.4 Å². The Labute approximate surface area is 206 Å². The number of fused-ring (bicyclic) bond motifs is 1. The molecule has 1 aliphatic rings. The van der Waals surface area contributed by atoms with Crippen LogP contribution in [0.2, 0.25) is 0 Å². The number of rotatable bonds is 7. The highest BCUT2D eigenvalue weighted by Gasteiger charge is 2.35. The Balaban J connectivity index is 1.83. The summed E-state index contributed by atoms with van der Waals surface area (Å²) in [5.41, 5.74) is 5.27. The average molecular weight is 495 g/mol. The first-order valence-corrected chi connectivity index (χ1v) is 12.9. The van der Waals surface area contributed by atoms with Crippen LogP contribution >= 0.6 is 0 Å². The van der Waals surface area contributed by atoms with Crippen molar-refractivity contribution in [1.82, 2.24) is 0 Å². The first-order valence-electron chi connectivity index (χ1n) is 11.5. The minimum Gasteiger partial charge on any atom is -0.486 e. The lowest BCUT2D eigenvalue weighted by molar-refractivity contribution is -0.137. The molecule has 8 heteroatoms. The van der Waals surface area contributed by atoms with E-state index < -0.39 is 22.1 Å². The van der Waals surface area contributed by atoms with E-state index in [-0.39, 0.29) is 24.3 Å². The third-order valence-electron chi connectivity index (χ3n) is 6.20. The van der Waals surface area contributed by atoms with Crippen molar-refractivity contribution in [2.75, 3.05) is 29.8 Å². The van der Waals surface area contributed by atoms with Crippen LogP contribution in [0.15, 0.2) is 65.6 Å². The summed E-state index contributed by atoms with van der Waals surface area (Å²) in [4.78, 5) is 13.4. The Kier molecular flexibility index (Phi) is 6.76. The normalized spacial score (nSPS) is 15.3. The summed E-state index contributed by atoms with van der Waals surface area (Å²) in [6.07, 6.45) is -0.462. The predicted molar refractivity (Wildman–Crippen MR) is 138 cm³/mol. The van der Waals surface area contributed by atoms with Crippen molar-refractivity contribution in [1.29, 1.82) is 0 Å². The molecule has 1 N–H and O–H groups in total. The number of aliphatic carboxylic acids is 1. The SMILES string of the molecule is Cc1cccc(S(=O)(=O)N2C[C@H](CCC(=O)O)Oc3ccc(-c4cc(N(C)C)ccc4C)cc32)c1. The van der Waals surface area contributed by atoms with E-state index in [4.69, 9.17) is 9.84 Å². The molecular weight excluding hydrogens is 464 g/mol. The lowest BCUT2D eigenvalue weighted by Gasteiger charge is -2.36. The molecule has 0 fully saturated rings. The molecule has 3 aromatic rings. The van der Waals surface area contributed by atoms with Gasteiger partial charge in [0.05, 0.1) is 17.1 Å². The predicted octanol–water partition coefficient (Wildman–Crippen LogP) is 4.86. The Bertz CT molecular complexity index is 1370. The van der Waals surface area contributed by atoms with Gasteiger partial charge in [-0.25, -0.2) is 8.42 Å². The molecule has 4 rings (SSSR count). The van der Waals surface area contributed by atoms with Gasteiger partial charge in [-0.1, -0.05) is 24.3 Å². The van der Waals surface area contributed by atoms with Gasteiger partial charge >= 0.3 is 5.97 Å². The van der Waals surface area contributed by atoms with Gasteiger partial charge in [0.15, 0.2) is 0 Å². The maximum absolute atomic E-state index is 13.8. The molecule has 0 saturated carbocycles. The molecule has 0 aromatic heterocycles. The zero-order valence-electron chi connectivity index (χ0n) is 20.4. The smallest absolute Gasteiger partial charge is 0.303 e. The summed E-state index contributed by atoms with van der Waals surface area (Å²) < 4.78 is 35.0. The molecule has 0 spiro atoms. The van der Waals surface area contributed by atoms with Gasteiger partial charge in [-0.2, -0.15) is 0 Å². The van der Waals surface area contributed by atoms with E-state index in [1.54, 1.807) is 24.3 Å². The molecule has 1 aliphatic heterocycles. The van der Waals surface area contributed by atoms with Crippen molar-refractivity contribution in [3.05, 3.63) is 71.8 Å². The average Bonchev–Trinajstić information content (AvgIpc) is 2.82. The second kappa shape index (κ2) is 9.62. The summed E-state index contributed by atoms with van der Waals surface area (Å²) in [7, 11) is 0.0471. The second-order valence-corrected chi connectivity index (χ2v) is 11.0. The van der Waals surface area contributed by atoms with E-state index in [1.165, 1.54) is 4.31 Å². The number of carbonyl (C=O) groups is 1. The largest absolute Gasteiger partial charge is 0.486 e. The number of carboxylic acids is 1. The van der Waals surface area contributed by atoms with Crippen LogP contribution in [0.25, 0.3) is 11.1 Å². The van der Waals surface area contributed by atoms with E-state index in [2.05, 4.69) is 6.07 Å². The fourth-order valence-corrected chi connectivity index (χ4v) is 5.85. The second-order valence-electron chi connectivity index (χ2n) is 9.10. The van der Waals surface area contributed by atoms with Crippen molar-refractivity contribution in [2.45, 2.75) is 37.7 Å². The summed E-state index contributed by atoms with van der Waals surface area (Å²) in [6.45, 7) is 3.91. The Morgan fingerprint density at radius 2 is 1.86 bits per heavy atom. The van der Waals surface area contributed by atoms with Gasteiger partial charge in [0.2, 0.25) is 0 Å². The fraction of sp³-hybridized carbons (Fsp3) is 0.296. The van der Waals surface area contributed by atoms with Gasteiger partial charge < -0.3 is 14.7 Å². The molecule has 1 heterocycles. The quantitative estimate of drug-likeness (QED) is 0.505. The number of hydrogen-bond acceptors (Lipinski definition) is 5. The molecule has 0 aliphatic carbocycles. The first kappa shape index (κ1) is 24.6. The van der Waals surface area contributed by atoms with Crippen LogP contribution in [-0.4, -0.2) is 46.2 Å². The standard InChI is InChI=1S/C27H30N2O5S/c1-18-6-5-7-23(14-18)35(32,33)29-17-22(11-13-27(30)31)34-26-12-9-20(15-25(26)29)24-16-21(28(3)4)10-8-19(24)2/h5-10,12,14-16,22H,11,13,17H2,1-4H3,(H,30,31)/t22-/m0/s1. The number of nitrogens with zero attached hydrogens (tertiary/aromatic N) is 2. The molecule has 3 aromatic carbocycles. The lowest BCUT2D eigenvalue weighted by Crippen LogP contribution is -2.43. The Hall–Kier alpha value is -3.52. The van der Waals surface area contributed by atoms with Crippen molar-refractivity contribution in [2.24, 2.45) is 0 Å². The van der Waals surface area contributed by atoms with Gasteiger partial charge in [0.1, 0.15) is 11.9 Å². The molecule has 0 bridgehead atoms. The van der Waals surface area contributed by atoms with E-state index in [0.717, 1.165) is 27.9 Å². The molecule has 0 amide bonds. The molecule has 0 unspecified atom stereocenters. The molecular formula is C27H30N2O5S. The first-order chi connectivity index (χ1) is 16.6. The minimum atomic E-state index is -3.90. The Morgan fingerprint density at radius 3 is 2.54 bits per heavy atom. The number of carboxylic acid groups (broad SMARTS) is 1. The summed E-state index contributed by atoms with van der Waals surface area (Å²) in [5, 5.41) is 9.13. The molecule has 0 saturated heterocycles. The number of benzene rings is 3. The maximum atomic E-state index is 13.8. The zero-order valence-corrected chi connectivity index (χ0v) is 21.2. The van der Waals surface area contributed by atoms with Crippen LogP contribution < -0.4 is 13.9 Å². The van der Waals surface area contributed by atoms with Crippen molar-refractivity contribution < 1.29 is 23.1 Å². The number of hydrogen-bond donors (Lipinski definition) is 1. The third kappa shape index (κ3) is 5.12. The van der Waals surface area contributed by atoms with Crippen molar-refractivity contribution in [3.8, 4) is 16.9 Å². The van der Waals surface area contributed by atoms with Crippen molar-refractivity contribution in [3.63, 3.8) is 0 Å². The van der Waals surface area contributed by atoms with E-state index in [1.807, 2.05) is 63.2 Å². The van der Waals surface area contributed by atoms with Gasteiger partial charge in [-0.3, -0.25) is 9.10 Å². The number of aryl methyl sites for hydroxylation is 2.